The molecule has 0 aliphatic heterocycles. The average molecular weight is 472 g/mol. The van der Waals surface area contributed by atoms with Crippen molar-refractivity contribution >= 4 is 62.2 Å². The Morgan fingerprint density at radius 3 is 2.42 bits per heavy atom. The fraction of sp³-hybridized carbons (Fsp3) is 0.0435. The Hall–Kier alpha value is -2.93. The van der Waals surface area contributed by atoms with Gasteiger partial charge in [0.2, 0.25) is 11.5 Å². The number of furan rings is 1. The van der Waals surface area contributed by atoms with E-state index in [0.29, 0.717) is 27.2 Å². The number of carbonyl (C=O) groups excluding carboxylic acids is 1. The van der Waals surface area contributed by atoms with E-state index in [4.69, 9.17) is 27.6 Å². The minimum atomic E-state index is -3.34. The zero-order chi connectivity index (χ0) is 22.3. The number of aliphatic imine (C=N–C) groups is 1. The average Bonchev–Trinajstić information content (AvgIpc) is 3.10. The number of hydrogen-bond donors (Lipinski definition) is 0. The van der Waals surface area contributed by atoms with Crippen LogP contribution in [0.15, 0.2) is 75.0 Å². The SMILES string of the molecule is C=Nc1c(C(=O)c2ccc(Cl)cc2Cl)oc2cc(-c3cccc(S(C)(=O)=O)c3)ccc12. The predicted octanol–water partition coefficient (Wildman–Crippen LogP) is 6.37. The molecule has 0 bridgehead atoms. The number of halogens is 2. The van der Waals surface area contributed by atoms with Crippen LogP contribution in [-0.2, 0) is 9.84 Å². The third-order valence-corrected chi connectivity index (χ3v) is 6.46. The summed E-state index contributed by atoms with van der Waals surface area (Å²) in [6, 6.07) is 16.5. The summed E-state index contributed by atoms with van der Waals surface area (Å²) in [6.07, 6.45) is 1.16. The second-order valence-electron chi connectivity index (χ2n) is 6.90. The van der Waals surface area contributed by atoms with Gasteiger partial charge in [0.25, 0.3) is 0 Å². The molecule has 0 N–H and O–H groups in total. The molecular formula is C23H15Cl2NO4S. The fourth-order valence-corrected chi connectivity index (χ4v) is 4.44. The van der Waals surface area contributed by atoms with Crippen molar-refractivity contribution in [3.8, 4) is 11.1 Å². The number of fused-ring (bicyclic) bond motifs is 1. The van der Waals surface area contributed by atoms with Crippen molar-refractivity contribution in [3.63, 3.8) is 0 Å². The van der Waals surface area contributed by atoms with Crippen molar-refractivity contribution in [2.24, 2.45) is 4.99 Å². The van der Waals surface area contributed by atoms with Gasteiger partial charge in [0, 0.05) is 22.2 Å². The summed E-state index contributed by atoms with van der Waals surface area (Å²) in [5.74, 6) is -0.433. The maximum absolute atomic E-state index is 13.1. The van der Waals surface area contributed by atoms with E-state index in [1.807, 2.05) is 0 Å². The molecule has 0 radical (unpaired) electrons. The maximum atomic E-state index is 13.1. The quantitative estimate of drug-likeness (QED) is 0.250. The first-order valence-electron chi connectivity index (χ1n) is 9.02. The van der Waals surface area contributed by atoms with Crippen molar-refractivity contribution in [1.82, 2.24) is 0 Å². The molecule has 0 unspecified atom stereocenters. The largest absolute Gasteiger partial charge is 0.450 e. The van der Waals surface area contributed by atoms with E-state index in [1.165, 1.54) is 18.2 Å². The number of hydrogen-bond acceptors (Lipinski definition) is 5. The van der Waals surface area contributed by atoms with Crippen LogP contribution in [0.2, 0.25) is 10.0 Å². The molecule has 0 saturated heterocycles. The van der Waals surface area contributed by atoms with E-state index in [0.717, 1.165) is 11.8 Å². The van der Waals surface area contributed by atoms with Gasteiger partial charge in [-0.3, -0.25) is 9.79 Å². The summed E-state index contributed by atoms with van der Waals surface area (Å²) in [7, 11) is -3.34. The standard InChI is InChI=1S/C23H15Cl2NO4S/c1-26-21-18-8-6-14(13-4-3-5-16(10-13)31(2,28)29)11-20(18)30-23(21)22(27)17-9-7-15(24)12-19(17)25/h3-12H,1H2,2H3. The lowest BCUT2D eigenvalue weighted by molar-refractivity contribution is 0.101. The first kappa shape index (κ1) is 21.3. The van der Waals surface area contributed by atoms with E-state index in [2.05, 4.69) is 11.7 Å². The van der Waals surface area contributed by atoms with Gasteiger partial charge in [-0.15, -0.1) is 0 Å². The third-order valence-electron chi connectivity index (χ3n) is 4.80. The highest BCUT2D eigenvalue weighted by molar-refractivity contribution is 7.90. The van der Waals surface area contributed by atoms with Crippen LogP contribution < -0.4 is 0 Å². The monoisotopic (exact) mass is 471 g/mol. The van der Waals surface area contributed by atoms with Crippen molar-refractivity contribution in [2.45, 2.75) is 4.90 Å². The Balaban J connectivity index is 1.84. The molecule has 0 spiro atoms. The molecule has 8 heteroatoms. The summed E-state index contributed by atoms with van der Waals surface area (Å²) in [4.78, 5) is 17.3. The molecule has 0 atom stereocenters. The van der Waals surface area contributed by atoms with E-state index in [9.17, 15) is 13.2 Å². The van der Waals surface area contributed by atoms with Crippen LogP contribution in [0.5, 0.6) is 0 Å². The lowest BCUT2D eigenvalue weighted by atomic mass is 10.0. The van der Waals surface area contributed by atoms with Gasteiger partial charge in [-0.1, -0.05) is 41.4 Å². The summed E-state index contributed by atoms with van der Waals surface area (Å²) in [5, 5.41) is 1.21. The van der Waals surface area contributed by atoms with Crippen LogP contribution in [0.4, 0.5) is 5.69 Å². The molecule has 0 aliphatic rings. The van der Waals surface area contributed by atoms with Gasteiger partial charge in [-0.2, -0.15) is 0 Å². The molecule has 4 rings (SSSR count). The molecule has 156 valence electrons. The van der Waals surface area contributed by atoms with Gasteiger partial charge >= 0.3 is 0 Å². The molecule has 0 aliphatic carbocycles. The summed E-state index contributed by atoms with van der Waals surface area (Å²) in [6.45, 7) is 3.56. The Morgan fingerprint density at radius 2 is 1.74 bits per heavy atom. The number of nitrogens with zero attached hydrogens (tertiary/aromatic N) is 1. The van der Waals surface area contributed by atoms with E-state index in [1.54, 1.807) is 42.5 Å². The maximum Gasteiger partial charge on any atom is 0.231 e. The highest BCUT2D eigenvalue weighted by atomic mass is 35.5. The van der Waals surface area contributed by atoms with Crippen LogP contribution in [-0.4, -0.2) is 27.2 Å². The number of carbonyl (C=O) groups is 1. The van der Waals surface area contributed by atoms with E-state index < -0.39 is 15.6 Å². The summed E-state index contributed by atoms with van der Waals surface area (Å²) < 4.78 is 29.6. The molecule has 4 aromatic rings. The van der Waals surface area contributed by atoms with E-state index in [-0.39, 0.29) is 21.2 Å². The molecule has 1 heterocycles. The molecule has 0 amide bonds. The first-order chi connectivity index (χ1) is 14.7. The molecule has 31 heavy (non-hydrogen) atoms. The molecule has 1 aromatic heterocycles. The van der Waals surface area contributed by atoms with Crippen molar-refractivity contribution in [2.75, 3.05) is 6.26 Å². The summed E-state index contributed by atoms with van der Waals surface area (Å²) >= 11 is 12.1. The fourth-order valence-electron chi connectivity index (χ4n) is 3.28. The first-order valence-corrected chi connectivity index (χ1v) is 11.7. The highest BCUT2D eigenvalue weighted by Crippen LogP contribution is 2.38. The summed E-state index contributed by atoms with van der Waals surface area (Å²) in [5.41, 5.74) is 2.38. The van der Waals surface area contributed by atoms with Gasteiger partial charge in [-0.05, 0) is 60.3 Å². The minimum Gasteiger partial charge on any atom is -0.450 e. The molecule has 3 aromatic carbocycles. The number of rotatable bonds is 5. The number of benzene rings is 3. The van der Waals surface area contributed by atoms with Gasteiger partial charge < -0.3 is 4.42 Å². The van der Waals surface area contributed by atoms with Gasteiger partial charge in [0.05, 0.1) is 9.92 Å². The Bertz CT molecular complexity index is 1470. The van der Waals surface area contributed by atoms with Crippen LogP contribution in [0.25, 0.3) is 22.1 Å². The van der Waals surface area contributed by atoms with Gasteiger partial charge in [0.15, 0.2) is 9.84 Å². The molecule has 5 nitrogen and oxygen atoms in total. The smallest absolute Gasteiger partial charge is 0.231 e. The Kier molecular flexibility index (Phi) is 5.47. The lowest BCUT2D eigenvalue weighted by Gasteiger charge is -2.04. The van der Waals surface area contributed by atoms with Crippen LogP contribution in [0.3, 0.4) is 0 Å². The minimum absolute atomic E-state index is 0.0104. The van der Waals surface area contributed by atoms with Gasteiger partial charge in [-0.25, -0.2) is 8.42 Å². The van der Waals surface area contributed by atoms with Crippen LogP contribution in [0, 0.1) is 0 Å². The molecular weight excluding hydrogens is 457 g/mol. The van der Waals surface area contributed by atoms with Crippen molar-refractivity contribution in [3.05, 3.63) is 82.0 Å². The second-order valence-corrected chi connectivity index (χ2v) is 9.76. The number of sulfone groups is 1. The van der Waals surface area contributed by atoms with E-state index >= 15 is 0 Å². The third kappa shape index (κ3) is 4.02. The Labute approximate surface area is 188 Å². The molecule has 0 saturated carbocycles. The Morgan fingerprint density at radius 1 is 1.00 bits per heavy atom. The van der Waals surface area contributed by atoms with Gasteiger partial charge in [0.1, 0.15) is 11.3 Å². The zero-order valence-electron chi connectivity index (χ0n) is 16.2. The zero-order valence-corrected chi connectivity index (χ0v) is 18.6. The van der Waals surface area contributed by atoms with Crippen molar-refractivity contribution in [1.29, 1.82) is 0 Å². The topological polar surface area (TPSA) is 76.7 Å². The highest BCUT2D eigenvalue weighted by Gasteiger charge is 2.23. The second kappa shape index (κ2) is 7.96. The van der Waals surface area contributed by atoms with Crippen molar-refractivity contribution < 1.29 is 17.6 Å². The molecule has 0 fully saturated rings. The van der Waals surface area contributed by atoms with Crippen LogP contribution >= 0.6 is 23.2 Å². The number of ketones is 1. The van der Waals surface area contributed by atoms with Crippen LogP contribution in [0.1, 0.15) is 16.1 Å². The predicted molar refractivity (Wildman–Crippen MR) is 124 cm³/mol. The lowest BCUT2D eigenvalue weighted by Crippen LogP contribution is -2.01. The normalized spacial score (nSPS) is 11.6.